The largest absolute Gasteiger partial charge is 0.378 e. The molecule has 0 radical (unpaired) electrons. The number of benzene rings is 2. The van der Waals surface area contributed by atoms with Crippen LogP contribution in [-0.4, -0.2) is 24.9 Å². The van der Waals surface area contributed by atoms with Gasteiger partial charge < -0.3 is 15.5 Å². The van der Waals surface area contributed by atoms with Crippen molar-refractivity contribution in [2.75, 3.05) is 17.3 Å². The maximum absolute atomic E-state index is 14.0. The van der Waals surface area contributed by atoms with Crippen molar-refractivity contribution in [1.29, 1.82) is 0 Å². The van der Waals surface area contributed by atoms with E-state index in [1.165, 1.54) is 12.1 Å². The SMILES string of the molecule is CC[C@H]1[C@H](C)C(Nc2ccc(C(=O)NC)cc2)c2cc(F)ccc2N1C(C)=O. The lowest BCUT2D eigenvalue weighted by atomic mass is 9.80. The summed E-state index contributed by atoms with van der Waals surface area (Å²) in [5.74, 6) is -0.443. The number of carbonyl (C=O) groups excluding carboxylic acids is 2. The Morgan fingerprint density at radius 2 is 1.82 bits per heavy atom. The van der Waals surface area contributed by atoms with Crippen molar-refractivity contribution in [2.45, 2.75) is 39.3 Å². The maximum atomic E-state index is 14.0. The molecular weight excluding hydrogens is 357 g/mol. The summed E-state index contributed by atoms with van der Waals surface area (Å²) < 4.78 is 14.0. The van der Waals surface area contributed by atoms with Gasteiger partial charge in [-0.3, -0.25) is 9.59 Å². The van der Waals surface area contributed by atoms with Crippen LogP contribution in [-0.2, 0) is 4.79 Å². The van der Waals surface area contributed by atoms with Crippen LogP contribution in [0.15, 0.2) is 42.5 Å². The van der Waals surface area contributed by atoms with E-state index in [-0.39, 0.29) is 35.6 Å². The molecule has 0 bridgehead atoms. The lowest BCUT2D eigenvalue weighted by Gasteiger charge is -2.45. The zero-order valence-corrected chi connectivity index (χ0v) is 16.6. The smallest absolute Gasteiger partial charge is 0.251 e. The van der Waals surface area contributed by atoms with E-state index < -0.39 is 0 Å². The average Bonchev–Trinajstić information content (AvgIpc) is 2.69. The molecule has 1 unspecified atom stereocenters. The van der Waals surface area contributed by atoms with Crippen LogP contribution in [0.25, 0.3) is 0 Å². The average molecular weight is 383 g/mol. The normalized spacial score (nSPS) is 21.0. The van der Waals surface area contributed by atoms with Crippen LogP contribution in [0.1, 0.15) is 49.2 Å². The Morgan fingerprint density at radius 1 is 1.14 bits per heavy atom. The maximum Gasteiger partial charge on any atom is 0.251 e. The number of anilines is 2. The molecule has 28 heavy (non-hydrogen) atoms. The molecule has 6 heteroatoms. The van der Waals surface area contributed by atoms with Crippen molar-refractivity contribution in [3.8, 4) is 0 Å². The number of hydrogen-bond acceptors (Lipinski definition) is 3. The number of hydrogen-bond donors (Lipinski definition) is 2. The zero-order chi connectivity index (χ0) is 20.4. The van der Waals surface area contributed by atoms with Crippen LogP contribution in [0, 0.1) is 11.7 Å². The van der Waals surface area contributed by atoms with Crippen LogP contribution < -0.4 is 15.5 Å². The van der Waals surface area contributed by atoms with Gasteiger partial charge in [-0.05, 0) is 48.9 Å². The minimum Gasteiger partial charge on any atom is -0.378 e. The summed E-state index contributed by atoms with van der Waals surface area (Å²) in [6, 6.07) is 11.6. The highest BCUT2D eigenvalue weighted by Gasteiger charge is 2.39. The quantitative estimate of drug-likeness (QED) is 0.835. The Hall–Kier alpha value is -2.89. The number of carbonyl (C=O) groups is 2. The second kappa shape index (κ2) is 8.00. The van der Waals surface area contributed by atoms with E-state index in [1.54, 1.807) is 37.1 Å². The van der Waals surface area contributed by atoms with E-state index in [1.807, 2.05) is 12.1 Å². The molecular formula is C22H26FN3O2. The predicted molar refractivity (Wildman–Crippen MR) is 109 cm³/mol. The highest BCUT2D eigenvalue weighted by Crippen LogP contribution is 2.43. The molecule has 0 spiro atoms. The van der Waals surface area contributed by atoms with Gasteiger partial charge in [0, 0.05) is 48.4 Å². The van der Waals surface area contributed by atoms with E-state index in [0.717, 1.165) is 23.4 Å². The minimum absolute atomic E-state index is 0.0121. The van der Waals surface area contributed by atoms with E-state index in [9.17, 15) is 14.0 Å². The van der Waals surface area contributed by atoms with Crippen molar-refractivity contribution in [1.82, 2.24) is 5.32 Å². The van der Waals surface area contributed by atoms with Gasteiger partial charge in [-0.1, -0.05) is 13.8 Å². The first-order chi connectivity index (χ1) is 13.4. The number of amides is 2. The highest BCUT2D eigenvalue weighted by atomic mass is 19.1. The Labute approximate surface area is 164 Å². The van der Waals surface area contributed by atoms with Gasteiger partial charge in [-0.25, -0.2) is 4.39 Å². The molecule has 2 N–H and O–H groups in total. The fourth-order valence-corrected chi connectivity index (χ4v) is 4.12. The van der Waals surface area contributed by atoms with Crippen molar-refractivity contribution in [2.24, 2.45) is 5.92 Å². The molecule has 0 aromatic heterocycles. The number of nitrogens with one attached hydrogen (secondary N) is 2. The molecule has 1 heterocycles. The van der Waals surface area contributed by atoms with Crippen LogP contribution in [0.5, 0.6) is 0 Å². The molecule has 0 saturated carbocycles. The van der Waals surface area contributed by atoms with Crippen LogP contribution in [0.2, 0.25) is 0 Å². The molecule has 0 aliphatic carbocycles. The van der Waals surface area contributed by atoms with Crippen molar-refractivity contribution in [3.63, 3.8) is 0 Å². The summed E-state index contributed by atoms with van der Waals surface area (Å²) in [6.07, 6.45) is 0.797. The van der Waals surface area contributed by atoms with Crippen molar-refractivity contribution in [3.05, 3.63) is 59.4 Å². The van der Waals surface area contributed by atoms with Crippen molar-refractivity contribution < 1.29 is 14.0 Å². The van der Waals surface area contributed by atoms with Crippen LogP contribution in [0.3, 0.4) is 0 Å². The topological polar surface area (TPSA) is 61.4 Å². The van der Waals surface area contributed by atoms with Gasteiger partial charge in [0.1, 0.15) is 5.82 Å². The van der Waals surface area contributed by atoms with E-state index in [0.29, 0.717) is 5.56 Å². The lowest BCUT2D eigenvalue weighted by Crippen LogP contribution is -2.49. The third-order valence-electron chi connectivity index (χ3n) is 5.50. The number of rotatable bonds is 4. The summed E-state index contributed by atoms with van der Waals surface area (Å²) in [5, 5.41) is 6.08. The number of fused-ring (bicyclic) bond motifs is 1. The van der Waals surface area contributed by atoms with Gasteiger partial charge in [0.15, 0.2) is 0 Å². The fourth-order valence-electron chi connectivity index (χ4n) is 4.12. The summed E-state index contributed by atoms with van der Waals surface area (Å²) >= 11 is 0. The van der Waals surface area contributed by atoms with E-state index >= 15 is 0 Å². The molecule has 1 aliphatic heterocycles. The van der Waals surface area contributed by atoms with E-state index in [2.05, 4.69) is 24.5 Å². The molecule has 3 rings (SSSR count). The van der Waals surface area contributed by atoms with Gasteiger partial charge in [0.25, 0.3) is 5.91 Å². The van der Waals surface area contributed by atoms with Crippen molar-refractivity contribution >= 4 is 23.2 Å². The molecule has 0 saturated heterocycles. The standard InChI is InChI=1S/C22H26FN3O2/c1-5-19-13(2)21(25-17-9-6-15(7-10-17)22(28)24-4)18-12-16(23)8-11-20(18)26(19)14(3)27/h6-13,19,21,25H,5H2,1-4H3,(H,24,28)/t13-,19-,21?/m0/s1. The third kappa shape index (κ3) is 3.59. The van der Waals surface area contributed by atoms with Gasteiger partial charge in [0.2, 0.25) is 5.91 Å². The monoisotopic (exact) mass is 383 g/mol. The first-order valence-corrected chi connectivity index (χ1v) is 9.55. The summed E-state index contributed by atoms with van der Waals surface area (Å²) in [5.41, 5.74) is 2.93. The summed E-state index contributed by atoms with van der Waals surface area (Å²) in [6.45, 7) is 5.68. The second-order valence-corrected chi connectivity index (χ2v) is 7.21. The number of halogens is 1. The Bertz CT molecular complexity index is 882. The third-order valence-corrected chi connectivity index (χ3v) is 5.50. The number of nitrogens with zero attached hydrogens (tertiary/aromatic N) is 1. The Balaban J connectivity index is 1.99. The molecule has 2 amide bonds. The van der Waals surface area contributed by atoms with Gasteiger partial charge in [-0.15, -0.1) is 0 Å². The molecule has 3 atom stereocenters. The molecule has 148 valence electrons. The van der Waals surface area contributed by atoms with Crippen LogP contribution in [0.4, 0.5) is 15.8 Å². The van der Waals surface area contributed by atoms with Gasteiger partial charge >= 0.3 is 0 Å². The fraction of sp³-hybridized carbons (Fsp3) is 0.364. The molecule has 0 fully saturated rings. The van der Waals surface area contributed by atoms with Gasteiger partial charge in [-0.2, -0.15) is 0 Å². The Morgan fingerprint density at radius 3 is 2.39 bits per heavy atom. The summed E-state index contributed by atoms with van der Waals surface area (Å²) in [7, 11) is 1.59. The minimum atomic E-state index is -0.328. The van der Waals surface area contributed by atoms with Gasteiger partial charge in [0.05, 0.1) is 6.04 Å². The molecule has 5 nitrogen and oxygen atoms in total. The lowest BCUT2D eigenvalue weighted by molar-refractivity contribution is -0.117. The Kier molecular flexibility index (Phi) is 5.68. The highest BCUT2D eigenvalue weighted by molar-refractivity contribution is 5.95. The van der Waals surface area contributed by atoms with E-state index in [4.69, 9.17) is 0 Å². The van der Waals surface area contributed by atoms with Crippen LogP contribution >= 0.6 is 0 Å². The predicted octanol–water partition coefficient (Wildman–Crippen LogP) is 4.12. The second-order valence-electron chi connectivity index (χ2n) is 7.21. The zero-order valence-electron chi connectivity index (χ0n) is 16.6. The summed E-state index contributed by atoms with van der Waals surface area (Å²) in [4.78, 5) is 25.9. The molecule has 1 aliphatic rings. The first-order valence-electron chi connectivity index (χ1n) is 9.55. The molecule has 2 aromatic carbocycles. The first kappa shape index (κ1) is 19.9. The molecule has 2 aromatic rings.